The Morgan fingerprint density at radius 3 is 2.35 bits per heavy atom. The van der Waals surface area contributed by atoms with Crippen molar-refractivity contribution in [3.8, 4) is 0 Å². The van der Waals surface area contributed by atoms with Crippen molar-refractivity contribution in [3.05, 3.63) is 64.7 Å². The van der Waals surface area contributed by atoms with Crippen molar-refractivity contribution in [2.45, 2.75) is 19.3 Å². The first-order chi connectivity index (χ1) is 12.5. The van der Waals surface area contributed by atoms with Crippen LogP contribution in [0, 0.1) is 0 Å². The van der Waals surface area contributed by atoms with Crippen LogP contribution in [0.25, 0.3) is 0 Å². The van der Waals surface area contributed by atoms with E-state index < -0.39 is 5.97 Å². The molecule has 26 heavy (non-hydrogen) atoms. The fraction of sp³-hybridized carbons (Fsp3) is 0.250. The molecule has 0 saturated carbocycles. The van der Waals surface area contributed by atoms with Gasteiger partial charge in [-0.15, -0.1) is 0 Å². The zero-order valence-electron chi connectivity index (χ0n) is 14.1. The van der Waals surface area contributed by atoms with Crippen molar-refractivity contribution in [3.63, 3.8) is 0 Å². The Kier molecular flexibility index (Phi) is 5.68. The summed E-state index contributed by atoms with van der Waals surface area (Å²) in [4.78, 5) is 37.5. The van der Waals surface area contributed by atoms with Gasteiger partial charge >= 0.3 is 5.97 Å². The van der Waals surface area contributed by atoms with Crippen molar-refractivity contribution in [1.29, 1.82) is 0 Å². The highest BCUT2D eigenvalue weighted by Gasteiger charge is 2.21. The highest BCUT2D eigenvalue weighted by atomic mass is 35.5. The van der Waals surface area contributed by atoms with E-state index in [4.69, 9.17) is 16.3 Å². The number of amides is 1. The largest absolute Gasteiger partial charge is 0.457 e. The summed E-state index contributed by atoms with van der Waals surface area (Å²) in [6.45, 7) is 0.392. The molecule has 3 rings (SSSR count). The van der Waals surface area contributed by atoms with Gasteiger partial charge in [-0.1, -0.05) is 23.7 Å². The minimum absolute atomic E-state index is 0.0838. The third kappa shape index (κ3) is 4.49. The van der Waals surface area contributed by atoms with Gasteiger partial charge in [0.2, 0.25) is 5.91 Å². The second-order valence-corrected chi connectivity index (χ2v) is 6.52. The Labute approximate surface area is 156 Å². The van der Waals surface area contributed by atoms with E-state index in [1.165, 1.54) is 0 Å². The molecule has 0 unspecified atom stereocenters. The third-order valence-electron chi connectivity index (χ3n) is 4.20. The fourth-order valence-corrected chi connectivity index (χ4v) is 2.92. The summed E-state index contributed by atoms with van der Waals surface area (Å²) in [6, 6.07) is 13.7. The SMILES string of the molecule is O=C(Cc1ccc(Cl)cc1)OCC(=O)c1ccc(N2CCCC2=O)cc1. The molecule has 1 heterocycles. The van der Waals surface area contributed by atoms with Crippen molar-refractivity contribution < 1.29 is 19.1 Å². The van der Waals surface area contributed by atoms with Gasteiger partial charge in [0.1, 0.15) is 0 Å². The molecule has 2 aromatic carbocycles. The van der Waals surface area contributed by atoms with Crippen LogP contribution in [0.3, 0.4) is 0 Å². The number of anilines is 1. The lowest BCUT2D eigenvalue weighted by Crippen LogP contribution is -2.23. The molecular weight excluding hydrogens is 354 g/mol. The number of carbonyl (C=O) groups excluding carboxylic acids is 3. The Morgan fingerprint density at radius 1 is 1.04 bits per heavy atom. The second kappa shape index (κ2) is 8.15. The Hall–Kier alpha value is -2.66. The highest BCUT2D eigenvalue weighted by molar-refractivity contribution is 6.30. The maximum atomic E-state index is 12.2. The summed E-state index contributed by atoms with van der Waals surface area (Å²) in [5, 5.41) is 0.594. The number of rotatable bonds is 6. The van der Waals surface area contributed by atoms with Gasteiger partial charge in [0.15, 0.2) is 12.4 Å². The molecule has 0 aromatic heterocycles. The summed E-state index contributed by atoms with van der Waals surface area (Å²) < 4.78 is 5.05. The maximum Gasteiger partial charge on any atom is 0.310 e. The Balaban J connectivity index is 1.52. The number of esters is 1. The molecule has 0 aliphatic carbocycles. The maximum absolute atomic E-state index is 12.2. The Bertz CT molecular complexity index is 815. The predicted octanol–water partition coefficient (Wildman–Crippen LogP) is 3.44. The number of ether oxygens (including phenoxy) is 1. The zero-order valence-corrected chi connectivity index (χ0v) is 14.9. The summed E-state index contributed by atoms with van der Waals surface area (Å²) in [7, 11) is 0. The molecule has 5 nitrogen and oxygen atoms in total. The predicted molar refractivity (Wildman–Crippen MR) is 98.5 cm³/mol. The molecule has 2 aromatic rings. The first-order valence-electron chi connectivity index (χ1n) is 8.36. The van der Waals surface area contributed by atoms with Crippen LogP contribution in [0.2, 0.25) is 5.02 Å². The standard InChI is InChI=1S/C20H18ClNO4/c21-16-7-3-14(4-8-16)12-20(25)26-13-18(23)15-5-9-17(10-6-15)22-11-1-2-19(22)24/h3-10H,1-2,11-13H2. The number of carbonyl (C=O) groups is 3. The number of Topliss-reactive ketones (excluding diaryl/α,β-unsaturated/α-hetero) is 1. The van der Waals surface area contributed by atoms with Crippen LogP contribution in [-0.2, 0) is 20.7 Å². The van der Waals surface area contributed by atoms with Gasteiger partial charge in [0.05, 0.1) is 6.42 Å². The fourth-order valence-electron chi connectivity index (χ4n) is 2.80. The van der Waals surface area contributed by atoms with E-state index in [1.807, 2.05) is 0 Å². The second-order valence-electron chi connectivity index (χ2n) is 6.08. The smallest absolute Gasteiger partial charge is 0.310 e. The minimum Gasteiger partial charge on any atom is -0.457 e. The number of benzene rings is 2. The summed E-state index contributed by atoms with van der Waals surface area (Å²) in [5.41, 5.74) is 2.00. The van der Waals surface area contributed by atoms with Crippen LogP contribution < -0.4 is 4.90 Å². The minimum atomic E-state index is -0.472. The number of hydrogen-bond acceptors (Lipinski definition) is 4. The summed E-state index contributed by atoms with van der Waals surface area (Å²) in [5.74, 6) is -0.658. The van der Waals surface area contributed by atoms with E-state index in [0.29, 0.717) is 23.6 Å². The van der Waals surface area contributed by atoms with E-state index in [-0.39, 0.29) is 24.7 Å². The number of halogens is 1. The molecular formula is C20H18ClNO4. The van der Waals surface area contributed by atoms with Crippen molar-refractivity contribution >= 4 is 34.9 Å². The third-order valence-corrected chi connectivity index (χ3v) is 4.45. The quantitative estimate of drug-likeness (QED) is 0.576. The van der Waals surface area contributed by atoms with Gasteiger partial charge in [0.25, 0.3) is 0 Å². The molecule has 6 heteroatoms. The monoisotopic (exact) mass is 371 g/mol. The highest BCUT2D eigenvalue weighted by Crippen LogP contribution is 2.21. The first-order valence-corrected chi connectivity index (χ1v) is 8.74. The number of ketones is 1. The van der Waals surface area contributed by atoms with Crippen molar-refractivity contribution in [1.82, 2.24) is 0 Å². The molecule has 1 saturated heterocycles. The first kappa shape index (κ1) is 18.1. The molecule has 0 bridgehead atoms. The van der Waals surface area contributed by atoms with E-state index >= 15 is 0 Å². The molecule has 1 fully saturated rings. The van der Waals surface area contributed by atoms with Crippen LogP contribution in [0.1, 0.15) is 28.8 Å². The van der Waals surface area contributed by atoms with E-state index in [9.17, 15) is 14.4 Å². The van der Waals surface area contributed by atoms with Gasteiger partial charge in [-0.2, -0.15) is 0 Å². The van der Waals surface area contributed by atoms with Crippen molar-refractivity contribution in [2.75, 3.05) is 18.1 Å². The van der Waals surface area contributed by atoms with Gasteiger partial charge in [0, 0.05) is 29.2 Å². The summed E-state index contributed by atoms with van der Waals surface area (Å²) in [6.07, 6.45) is 1.49. The van der Waals surface area contributed by atoms with Gasteiger partial charge in [-0.05, 0) is 48.4 Å². The van der Waals surface area contributed by atoms with Crippen LogP contribution >= 0.6 is 11.6 Å². The lowest BCUT2D eigenvalue weighted by atomic mass is 10.1. The average Bonchev–Trinajstić information content (AvgIpc) is 3.08. The van der Waals surface area contributed by atoms with Gasteiger partial charge in [-0.3, -0.25) is 14.4 Å². The normalized spacial score (nSPS) is 13.7. The molecule has 1 amide bonds. The van der Waals surface area contributed by atoms with Crippen LogP contribution in [0.4, 0.5) is 5.69 Å². The molecule has 0 atom stereocenters. The molecule has 134 valence electrons. The lowest BCUT2D eigenvalue weighted by Gasteiger charge is -2.15. The van der Waals surface area contributed by atoms with E-state index in [1.54, 1.807) is 53.4 Å². The van der Waals surface area contributed by atoms with Crippen LogP contribution in [0.15, 0.2) is 48.5 Å². The molecule has 1 aliphatic heterocycles. The molecule has 1 aliphatic rings. The van der Waals surface area contributed by atoms with E-state index in [2.05, 4.69) is 0 Å². The van der Waals surface area contributed by atoms with Crippen molar-refractivity contribution in [2.24, 2.45) is 0 Å². The number of nitrogens with zero attached hydrogens (tertiary/aromatic N) is 1. The number of hydrogen-bond donors (Lipinski definition) is 0. The Morgan fingerprint density at radius 2 is 1.73 bits per heavy atom. The van der Waals surface area contributed by atoms with Crippen LogP contribution in [-0.4, -0.2) is 30.8 Å². The van der Waals surface area contributed by atoms with Gasteiger partial charge in [-0.25, -0.2) is 0 Å². The zero-order chi connectivity index (χ0) is 18.5. The summed E-state index contributed by atoms with van der Waals surface area (Å²) >= 11 is 5.80. The van der Waals surface area contributed by atoms with E-state index in [0.717, 1.165) is 17.7 Å². The topological polar surface area (TPSA) is 63.7 Å². The van der Waals surface area contributed by atoms with Gasteiger partial charge < -0.3 is 9.64 Å². The molecule has 0 N–H and O–H groups in total. The lowest BCUT2D eigenvalue weighted by molar-refractivity contribution is -0.141. The molecule has 0 radical (unpaired) electrons. The molecule has 0 spiro atoms. The average molecular weight is 372 g/mol. The van der Waals surface area contributed by atoms with Crippen LogP contribution in [0.5, 0.6) is 0 Å².